The molecule has 0 amide bonds. The third-order valence-corrected chi connectivity index (χ3v) is 19.1. The Morgan fingerprint density at radius 2 is 0.929 bits per heavy atom. The van der Waals surface area contributed by atoms with Crippen LogP contribution in [0.5, 0.6) is 34.5 Å². The summed E-state index contributed by atoms with van der Waals surface area (Å²) in [6, 6.07) is 24.8. The Morgan fingerprint density at radius 1 is 0.500 bits per heavy atom. The van der Waals surface area contributed by atoms with Gasteiger partial charge in [0.1, 0.15) is 82.8 Å². The Balaban J connectivity index is 0.000000176. The quantitative estimate of drug-likeness (QED) is 0.0313. The van der Waals surface area contributed by atoms with Gasteiger partial charge < -0.3 is 74.5 Å². The van der Waals surface area contributed by atoms with Gasteiger partial charge in [-0.2, -0.15) is 0 Å². The molecule has 4 aromatic heterocycles. The molecule has 7 atom stereocenters. The Labute approximate surface area is 570 Å². The monoisotopic (exact) mass is 1340 g/mol. The second kappa shape index (κ2) is 27.2. The fourth-order valence-corrected chi connectivity index (χ4v) is 12.8. The maximum Gasteiger partial charge on any atom is 0.350 e. The van der Waals surface area contributed by atoms with E-state index in [1.807, 2.05) is 113 Å². The number of rotatable bonds is 24. The average molecular weight is 1340 g/mol. The number of ether oxygens (including phenoxy) is 12. The summed E-state index contributed by atoms with van der Waals surface area (Å²) in [5.41, 5.74) is 5.55. The van der Waals surface area contributed by atoms with Gasteiger partial charge in [0.2, 0.25) is 0 Å². The van der Waals surface area contributed by atoms with Crippen LogP contribution in [0.1, 0.15) is 139 Å². The van der Waals surface area contributed by atoms with Crippen LogP contribution in [0.25, 0.3) is 56.0 Å². The van der Waals surface area contributed by atoms with Crippen molar-refractivity contribution in [1.29, 1.82) is 0 Å². The summed E-state index contributed by atoms with van der Waals surface area (Å²) in [7, 11) is 0. The zero-order valence-electron chi connectivity index (χ0n) is 57.9. The first-order valence-electron chi connectivity index (χ1n) is 34.0. The van der Waals surface area contributed by atoms with E-state index in [4.69, 9.17) is 74.5 Å². The fourth-order valence-electron chi connectivity index (χ4n) is 12.8. The number of hydrogen-bond acceptors (Lipinski definition) is 18. The van der Waals surface area contributed by atoms with Crippen LogP contribution in [-0.2, 0) is 28.4 Å². The first kappa shape index (κ1) is 67.9. The number of furan rings is 2. The number of hydrogen-bond donors (Lipinski definition) is 0. The number of allylic oxidation sites excluding steroid dienone is 4. The lowest BCUT2D eigenvalue weighted by Crippen LogP contribution is -2.39. The molecule has 98 heavy (non-hydrogen) atoms. The van der Waals surface area contributed by atoms with Gasteiger partial charge in [0, 0.05) is 59.3 Å². The van der Waals surface area contributed by atoms with E-state index in [1.165, 1.54) is 17.7 Å². The zero-order valence-corrected chi connectivity index (χ0v) is 57.9. The molecule has 4 fully saturated rings. The molecule has 2 spiro atoms. The van der Waals surface area contributed by atoms with Crippen molar-refractivity contribution in [1.82, 2.24) is 0 Å². The summed E-state index contributed by atoms with van der Waals surface area (Å²) in [6.07, 6.45) is 27.4. The van der Waals surface area contributed by atoms with Gasteiger partial charge >= 0.3 is 23.2 Å². The second-order valence-corrected chi connectivity index (χ2v) is 28.6. The third kappa shape index (κ3) is 15.5. The van der Waals surface area contributed by atoms with Gasteiger partial charge in [0.25, 0.3) is 0 Å². The van der Waals surface area contributed by atoms with E-state index in [9.17, 15) is 9.59 Å². The highest BCUT2D eigenvalue weighted by Crippen LogP contribution is 2.51. The molecule has 8 aromatic rings. The standard InChI is InChI=1S/2C40H44O9/c2*1-25(16-20-42-28-11-9-27-10-14-36(41)45-31(27)23-28)8-13-35-39(5,6)49-40(48-35)19-15-29-33(46-40)24-32-30(18-22-43-32)37(29)44-21-17-26(2)7-12-34-38(3,4)47-34/h9-11,14-19,22-24,34-35H,7-8,12-13,20-21H2,1-6H3;7,9-12,14-16,18-19,22-24,26,34-35H,8,13,17,20-21H2,1-6H3/b25-16+,26-17+;12-7+,25-16+. The van der Waals surface area contributed by atoms with Crippen LogP contribution in [0.4, 0.5) is 0 Å². The van der Waals surface area contributed by atoms with E-state index in [0.717, 1.165) is 94.5 Å². The van der Waals surface area contributed by atoms with Gasteiger partial charge in [0.15, 0.2) is 0 Å². The average Bonchev–Trinajstić information content (AvgIpc) is 1.53. The van der Waals surface area contributed by atoms with E-state index < -0.39 is 23.1 Å². The van der Waals surface area contributed by atoms with Gasteiger partial charge in [-0.3, -0.25) is 0 Å². The van der Waals surface area contributed by atoms with Crippen molar-refractivity contribution in [2.24, 2.45) is 5.92 Å². The lowest BCUT2D eigenvalue weighted by molar-refractivity contribution is -0.271. The molecule has 18 nitrogen and oxygen atoms in total. The number of fused-ring (bicyclic) bond motifs is 6. The molecule has 10 heterocycles. The SMILES string of the molecule is C/C(=C\COc1c2c(cc3occc13)OC1(C=C2)OC(CC/C(C)=C/COc2ccc3ccc(=O)oc3c2)C(C)(C)O1)CCC1OC1(C)C.C/C(=C\COc1ccc2ccc(=O)oc2c1)CCC1OC2(C=Cc3c(cc4occc4c3OCCC(C)/C=C/C3OC3(C)C)O2)OC1(C)C. The first-order valence-corrected chi connectivity index (χ1v) is 34.0. The van der Waals surface area contributed by atoms with Crippen molar-refractivity contribution in [2.75, 3.05) is 26.4 Å². The summed E-state index contributed by atoms with van der Waals surface area (Å²) >= 11 is 0. The van der Waals surface area contributed by atoms with Crippen LogP contribution < -0.4 is 39.7 Å². The molecule has 6 aliphatic rings. The Hall–Kier alpha value is -8.62. The highest BCUT2D eigenvalue weighted by Gasteiger charge is 2.56. The molecule has 7 unspecified atom stereocenters. The lowest BCUT2D eigenvalue weighted by Gasteiger charge is -2.31. The maximum atomic E-state index is 11.6. The van der Waals surface area contributed by atoms with Crippen molar-refractivity contribution in [2.45, 2.75) is 187 Å². The molecule has 0 N–H and O–H groups in total. The molecule has 0 saturated carbocycles. The van der Waals surface area contributed by atoms with E-state index in [2.05, 4.69) is 73.6 Å². The summed E-state index contributed by atoms with van der Waals surface area (Å²) < 4.78 is 97.0. The van der Waals surface area contributed by atoms with E-state index in [-0.39, 0.29) is 40.8 Å². The molecular formula is C80H88O18. The summed E-state index contributed by atoms with van der Waals surface area (Å²) in [5.74, 6) is 1.48. The molecule has 516 valence electrons. The first-order chi connectivity index (χ1) is 46.8. The van der Waals surface area contributed by atoms with Crippen LogP contribution >= 0.6 is 0 Å². The van der Waals surface area contributed by atoms with Crippen LogP contribution in [-0.4, -0.2) is 85.2 Å². The highest BCUT2D eigenvalue weighted by molar-refractivity contribution is 5.93. The van der Waals surface area contributed by atoms with E-state index >= 15 is 0 Å². The van der Waals surface area contributed by atoms with Crippen molar-refractivity contribution in [3.05, 3.63) is 189 Å². The largest absolute Gasteiger partial charge is 0.492 e. The normalized spacial score (nSPS) is 24.2. The third-order valence-electron chi connectivity index (χ3n) is 19.1. The Morgan fingerprint density at radius 3 is 1.38 bits per heavy atom. The van der Waals surface area contributed by atoms with Crippen LogP contribution in [0.3, 0.4) is 0 Å². The second-order valence-electron chi connectivity index (χ2n) is 28.6. The van der Waals surface area contributed by atoms with Gasteiger partial charge in [-0.25, -0.2) is 9.59 Å². The topological polar surface area (TPSA) is 204 Å². The van der Waals surface area contributed by atoms with Gasteiger partial charge in [-0.05, 0) is 206 Å². The van der Waals surface area contributed by atoms with Crippen LogP contribution in [0, 0.1) is 5.92 Å². The van der Waals surface area contributed by atoms with Crippen LogP contribution in [0.2, 0.25) is 0 Å². The number of epoxide rings is 2. The van der Waals surface area contributed by atoms with E-state index in [0.29, 0.717) is 89.5 Å². The van der Waals surface area contributed by atoms with E-state index in [1.54, 1.807) is 36.8 Å². The molecule has 0 bridgehead atoms. The van der Waals surface area contributed by atoms with Crippen molar-refractivity contribution in [3.8, 4) is 34.5 Å². The van der Waals surface area contributed by atoms with Crippen LogP contribution in [0.15, 0.2) is 184 Å². The predicted octanol–water partition coefficient (Wildman–Crippen LogP) is 17.6. The molecule has 0 aliphatic carbocycles. The fraction of sp³-hybridized carbons (Fsp3) is 0.425. The molecule has 0 radical (unpaired) electrons. The number of benzene rings is 4. The minimum Gasteiger partial charge on any atom is -0.492 e. The summed E-state index contributed by atoms with van der Waals surface area (Å²) in [5, 5.41) is 3.47. The molecule has 18 heteroatoms. The smallest absolute Gasteiger partial charge is 0.350 e. The lowest BCUT2D eigenvalue weighted by atomic mass is 9.96. The summed E-state index contributed by atoms with van der Waals surface area (Å²) in [4.78, 5) is 23.1. The predicted molar refractivity (Wildman–Crippen MR) is 374 cm³/mol. The van der Waals surface area contributed by atoms with Crippen molar-refractivity contribution in [3.63, 3.8) is 0 Å². The minimum atomic E-state index is -1.36. The zero-order chi connectivity index (χ0) is 68.8. The van der Waals surface area contributed by atoms with Gasteiger partial charge in [0.05, 0.1) is 81.7 Å². The van der Waals surface area contributed by atoms with Crippen molar-refractivity contribution >= 4 is 56.0 Å². The van der Waals surface area contributed by atoms with Gasteiger partial charge in [-0.1, -0.05) is 35.8 Å². The van der Waals surface area contributed by atoms with Crippen molar-refractivity contribution < 1.29 is 74.5 Å². The summed E-state index contributed by atoms with van der Waals surface area (Å²) in [6.45, 7) is 26.8. The molecule has 14 rings (SSSR count). The Bertz CT molecular complexity index is 4580. The minimum absolute atomic E-state index is 0.00721. The molecular weight excluding hydrogens is 1250 g/mol. The Kier molecular flexibility index (Phi) is 18.9. The molecule has 6 aliphatic heterocycles. The maximum absolute atomic E-state index is 11.6. The molecule has 4 aromatic carbocycles. The van der Waals surface area contributed by atoms with Gasteiger partial charge in [-0.15, -0.1) is 0 Å². The molecule has 4 saturated heterocycles. The highest BCUT2D eigenvalue weighted by atomic mass is 16.9.